The van der Waals surface area contributed by atoms with Crippen molar-refractivity contribution in [3.05, 3.63) is 58.9 Å². The van der Waals surface area contributed by atoms with Crippen molar-refractivity contribution >= 4 is 15.7 Å². The number of likely N-dealkylation sites (N-methyl/N-ethyl adjacent to an activating group) is 1. The molecule has 2 aromatic rings. The lowest BCUT2D eigenvalue weighted by Gasteiger charge is -2.37. The normalized spacial score (nSPS) is 20.5. The fraction of sp³-hybridized carbons (Fsp3) is 0.455. The van der Waals surface area contributed by atoms with Crippen LogP contribution in [0.4, 0.5) is 10.1 Å². The summed E-state index contributed by atoms with van der Waals surface area (Å²) < 4.78 is 41.5. The van der Waals surface area contributed by atoms with E-state index in [0.717, 1.165) is 39.0 Å². The smallest absolute Gasteiger partial charge is 0.240 e. The molecule has 29 heavy (non-hydrogen) atoms. The minimum atomic E-state index is -3.67. The van der Waals surface area contributed by atoms with Crippen LogP contribution in [0.1, 0.15) is 23.1 Å². The number of piperazine rings is 1. The summed E-state index contributed by atoms with van der Waals surface area (Å²) in [6.07, 6.45) is 2.30. The molecule has 0 saturated carbocycles. The number of benzene rings is 2. The van der Waals surface area contributed by atoms with Gasteiger partial charge in [-0.3, -0.25) is 0 Å². The lowest BCUT2D eigenvalue weighted by molar-refractivity contribution is 0.312. The lowest BCUT2D eigenvalue weighted by atomic mass is 9.84. The number of nitrogens with zero attached hydrogens (tertiary/aromatic N) is 2. The topological polar surface area (TPSA) is 52.6 Å². The van der Waals surface area contributed by atoms with Crippen LogP contribution >= 0.6 is 0 Å². The third-order valence-electron chi connectivity index (χ3n) is 6.12. The van der Waals surface area contributed by atoms with Gasteiger partial charge in [0.1, 0.15) is 5.82 Å². The lowest BCUT2D eigenvalue weighted by Crippen LogP contribution is -2.45. The Bertz CT molecular complexity index is 984. The first-order chi connectivity index (χ1) is 13.8. The Morgan fingerprint density at radius 1 is 1.00 bits per heavy atom. The van der Waals surface area contributed by atoms with Crippen molar-refractivity contribution in [2.75, 3.05) is 38.1 Å². The van der Waals surface area contributed by atoms with Crippen molar-refractivity contribution in [2.24, 2.45) is 0 Å². The van der Waals surface area contributed by atoms with Crippen LogP contribution in [0.2, 0.25) is 0 Å². The van der Waals surface area contributed by atoms with Gasteiger partial charge in [0, 0.05) is 37.9 Å². The molecule has 0 amide bonds. The van der Waals surface area contributed by atoms with Crippen LogP contribution in [0.3, 0.4) is 0 Å². The minimum absolute atomic E-state index is 0.105. The Labute approximate surface area is 172 Å². The van der Waals surface area contributed by atoms with E-state index in [-0.39, 0.29) is 10.9 Å². The Hall–Kier alpha value is -1.96. The zero-order valence-corrected chi connectivity index (χ0v) is 17.8. The average Bonchev–Trinajstić information content (AvgIpc) is 2.69. The van der Waals surface area contributed by atoms with Crippen molar-refractivity contribution in [1.29, 1.82) is 0 Å². The van der Waals surface area contributed by atoms with E-state index in [1.165, 1.54) is 46.6 Å². The van der Waals surface area contributed by atoms with E-state index in [0.29, 0.717) is 6.42 Å². The third-order valence-corrected chi connectivity index (χ3v) is 7.66. The van der Waals surface area contributed by atoms with Crippen molar-refractivity contribution < 1.29 is 12.8 Å². The van der Waals surface area contributed by atoms with Crippen LogP contribution < -0.4 is 9.62 Å². The number of halogens is 1. The number of fused-ring (bicyclic) bond motifs is 1. The zero-order valence-electron chi connectivity index (χ0n) is 17.0. The SMILES string of the molecule is Cc1ccc(N2CCN(C)CC2)c2c1CC[C@@H](NS(=O)(=O)c1ccc(F)cc1)C2. The summed E-state index contributed by atoms with van der Waals surface area (Å²) in [6.45, 7) is 6.16. The van der Waals surface area contributed by atoms with Crippen LogP contribution in [0.25, 0.3) is 0 Å². The molecule has 0 unspecified atom stereocenters. The van der Waals surface area contributed by atoms with Crippen molar-refractivity contribution in [2.45, 2.75) is 37.1 Å². The van der Waals surface area contributed by atoms with Crippen LogP contribution in [0, 0.1) is 12.7 Å². The monoisotopic (exact) mass is 417 g/mol. The Balaban J connectivity index is 1.57. The Morgan fingerprint density at radius 3 is 2.38 bits per heavy atom. The van der Waals surface area contributed by atoms with Gasteiger partial charge in [-0.05, 0) is 80.3 Å². The average molecular weight is 418 g/mol. The molecule has 0 aromatic heterocycles. The predicted octanol–water partition coefficient (Wildman–Crippen LogP) is 2.72. The summed E-state index contributed by atoms with van der Waals surface area (Å²) in [5, 5.41) is 0. The van der Waals surface area contributed by atoms with Gasteiger partial charge in [-0.2, -0.15) is 0 Å². The molecule has 156 valence electrons. The van der Waals surface area contributed by atoms with Crippen molar-refractivity contribution in [1.82, 2.24) is 9.62 Å². The maximum absolute atomic E-state index is 13.2. The molecule has 0 radical (unpaired) electrons. The summed E-state index contributed by atoms with van der Waals surface area (Å²) in [7, 11) is -1.53. The summed E-state index contributed by atoms with van der Waals surface area (Å²) >= 11 is 0. The highest BCUT2D eigenvalue weighted by Crippen LogP contribution is 2.34. The second kappa shape index (κ2) is 8.05. The molecule has 7 heteroatoms. The molecule has 2 aromatic carbocycles. The molecule has 1 aliphatic carbocycles. The second-order valence-corrected chi connectivity index (χ2v) is 9.88. The van der Waals surface area contributed by atoms with Crippen molar-refractivity contribution in [3.8, 4) is 0 Å². The molecular weight excluding hydrogens is 389 g/mol. The molecule has 1 aliphatic heterocycles. The maximum atomic E-state index is 13.2. The fourth-order valence-corrected chi connectivity index (χ4v) is 5.66. The maximum Gasteiger partial charge on any atom is 0.240 e. The number of nitrogens with one attached hydrogen (secondary N) is 1. The number of hydrogen-bond acceptors (Lipinski definition) is 4. The number of hydrogen-bond donors (Lipinski definition) is 1. The molecule has 0 spiro atoms. The first kappa shape index (κ1) is 20.3. The second-order valence-electron chi connectivity index (χ2n) is 8.16. The van der Waals surface area contributed by atoms with Crippen LogP contribution in [-0.2, 0) is 22.9 Å². The van der Waals surface area contributed by atoms with Crippen LogP contribution in [0.5, 0.6) is 0 Å². The molecule has 1 heterocycles. The van der Waals surface area contributed by atoms with Crippen molar-refractivity contribution in [3.63, 3.8) is 0 Å². The summed E-state index contributed by atoms with van der Waals surface area (Å²) in [5.41, 5.74) is 5.15. The highest BCUT2D eigenvalue weighted by Gasteiger charge is 2.28. The van der Waals surface area contributed by atoms with Gasteiger partial charge in [-0.15, -0.1) is 0 Å². The van der Waals surface area contributed by atoms with Gasteiger partial charge in [-0.25, -0.2) is 17.5 Å². The standard InChI is InChI=1S/C22H28FN3O2S/c1-16-3-10-22(26-13-11-25(2)12-14-26)21-15-18(6-9-20(16)21)24-29(27,28)19-7-4-17(23)5-8-19/h3-5,7-8,10,18,24H,6,9,11-15H2,1-2H3/t18-/m1/s1. The molecule has 0 bridgehead atoms. The number of aryl methyl sites for hydroxylation is 1. The first-order valence-electron chi connectivity index (χ1n) is 10.2. The molecular formula is C22H28FN3O2S. The summed E-state index contributed by atoms with van der Waals surface area (Å²) in [6, 6.07) is 9.21. The van der Waals surface area contributed by atoms with E-state index < -0.39 is 15.8 Å². The van der Waals surface area contributed by atoms with E-state index >= 15 is 0 Å². The van der Waals surface area contributed by atoms with E-state index in [1.54, 1.807) is 0 Å². The number of rotatable bonds is 4. The number of anilines is 1. The number of sulfonamides is 1. The van der Waals surface area contributed by atoms with Gasteiger partial charge in [0.05, 0.1) is 4.90 Å². The van der Waals surface area contributed by atoms with Crippen LogP contribution in [-0.4, -0.2) is 52.6 Å². The van der Waals surface area contributed by atoms with E-state index in [4.69, 9.17) is 0 Å². The van der Waals surface area contributed by atoms with Gasteiger partial charge in [0.2, 0.25) is 10.0 Å². The molecule has 4 rings (SSSR count). The Morgan fingerprint density at radius 2 is 1.69 bits per heavy atom. The fourth-order valence-electron chi connectivity index (χ4n) is 4.39. The predicted molar refractivity (Wildman–Crippen MR) is 113 cm³/mol. The van der Waals surface area contributed by atoms with Gasteiger partial charge in [-0.1, -0.05) is 6.07 Å². The minimum Gasteiger partial charge on any atom is -0.369 e. The summed E-state index contributed by atoms with van der Waals surface area (Å²) in [5.74, 6) is -0.442. The van der Waals surface area contributed by atoms with Gasteiger partial charge >= 0.3 is 0 Å². The van der Waals surface area contributed by atoms with Gasteiger partial charge < -0.3 is 9.80 Å². The van der Waals surface area contributed by atoms with E-state index in [1.807, 2.05) is 0 Å². The first-order valence-corrected chi connectivity index (χ1v) is 11.6. The van der Waals surface area contributed by atoms with Gasteiger partial charge in [0.15, 0.2) is 0 Å². The van der Waals surface area contributed by atoms with Crippen LogP contribution in [0.15, 0.2) is 41.3 Å². The molecule has 1 N–H and O–H groups in total. The molecule has 5 nitrogen and oxygen atoms in total. The molecule has 1 fully saturated rings. The quantitative estimate of drug-likeness (QED) is 0.831. The highest BCUT2D eigenvalue weighted by molar-refractivity contribution is 7.89. The highest BCUT2D eigenvalue weighted by atomic mass is 32.2. The molecule has 1 atom stereocenters. The van der Waals surface area contributed by atoms with Gasteiger partial charge in [0.25, 0.3) is 0 Å². The summed E-state index contributed by atoms with van der Waals surface area (Å²) in [4.78, 5) is 4.86. The zero-order chi connectivity index (χ0) is 20.6. The van der Waals surface area contributed by atoms with E-state index in [9.17, 15) is 12.8 Å². The third kappa shape index (κ3) is 4.32. The molecule has 2 aliphatic rings. The molecule has 1 saturated heterocycles. The Kier molecular flexibility index (Phi) is 5.64. The van der Waals surface area contributed by atoms with E-state index in [2.05, 4.69) is 40.6 Å². The largest absolute Gasteiger partial charge is 0.369 e.